The molecule has 0 unspecified atom stereocenters. The van der Waals surface area contributed by atoms with Crippen molar-refractivity contribution in [3.05, 3.63) is 24.3 Å². The second kappa shape index (κ2) is 8.31. The number of hydrogen-bond donors (Lipinski definition) is 4. The molecule has 0 bridgehead atoms. The third-order valence-corrected chi connectivity index (χ3v) is 5.45. The summed E-state index contributed by atoms with van der Waals surface area (Å²) in [6, 6.07) is 2.55. The second-order valence-electron chi connectivity index (χ2n) is 5.69. The summed E-state index contributed by atoms with van der Waals surface area (Å²) in [5.74, 6) is -1.70. The van der Waals surface area contributed by atoms with Gasteiger partial charge in [0.1, 0.15) is 0 Å². The number of hydrogen-bond acceptors (Lipinski definition) is 5. The molecule has 1 aromatic rings. The number of carbonyl (C=O) groups is 2. The van der Waals surface area contributed by atoms with Crippen molar-refractivity contribution in [3.8, 4) is 0 Å². The number of aliphatic hydroxyl groups is 1. The van der Waals surface area contributed by atoms with Gasteiger partial charge in [0.15, 0.2) is 0 Å². The fourth-order valence-electron chi connectivity index (χ4n) is 2.72. The van der Waals surface area contributed by atoms with Crippen molar-refractivity contribution in [2.24, 2.45) is 5.92 Å². The van der Waals surface area contributed by atoms with Crippen LogP contribution in [0.2, 0.25) is 0 Å². The van der Waals surface area contributed by atoms with Crippen LogP contribution >= 0.6 is 12.4 Å². The summed E-state index contributed by atoms with van der Waals surface area (Å²) in [7, 11) is -5.57. The van der Waals surface area contributed by atoms with Crippen LogP contribution in [0.15, 0.2) is 29.2 Å². The molecule has 152 valence electrons. The van der Waals surface area contributed by atoms with Crippen LogP contribution in [0, 0.1) is 5.92 Å². The third kappa shape index (κ3) is 5.02. The molecular formula is C14H16ClF3N2O6S. The Morgan fingerprint density at radius 3 is 2.37 bits per heavy atom. The van der Waals surface area contributed by atoms with E-state index in [4.69, 9.17) is 5.11 Å². The zero-order chi connectivity index (χ0) is 19.7. The number of amides is 2. The van der Waals surface area contributed by atoms with E-state index in [1.165, 1.54) is 6.07 Å². The van der Waals surface area contributed by atoms with E-state index in [-0.39, 0.29) is 30.9 Å². The maximum absolute atomic E-state index is 12.6. The Morgan fingerprint density at radius 2 is 1.81 bits per heavy atom. The van der Waals surface area contributed by atoms with Crippen LogP contribution in [0.1, 0.15) is 12.8 Å². The van der Waals surface area contributed by atoms with Gasteiger partial charge in [-0.15, -0.1) is 12.4 Å². The van der Waals surface area contributed by atoms with Crippen molar-refractivity contribution in [1.82, 2.24) is 5.32 Å². The van der Waals surface area contributed by atoms with E-state index < -0.39 is 50.3 Å². The van der Waals surface area contributed by atoms with Gasteiger partial charge in [0.25, 0.3) is 9.84 Å². The van der Waals surface area contributed by atoms with Crippen molar-refractivity contribution in [1.29, 1.82) is 0 Å². The normalized spacial score (nSPS) is 22.6. The van der Waals surface area contributed by atoms with Gasteiger partial charge >= 0.3 is 11.6 Å². The molecule has 0 radical (unpaired) electrons. The highest BCUT2D eigenvalue weighted by atomic mass is 35.5. The predicted octanol–water partition coefficient (Wildman–Crippen LogP) is 1.75. The summed E-state index contributed by atoms with van der Waals surface area (Å²) < 4.78 is 60.7. The van der Waals surface area contributed by atoms with E-state index in [0.717, 1.165) is 12.1 Å². The first-order valence-corrected chi connectivity index (χ1v) is 8.81. The lowest BCUT2D eigenvalue weighted by Gasteiger charge is -2.21. The molecular weight excluding hydrogens is 417 g/mol. The van der Waals surface area contributed by atoms with E-state index in [0.29, 0.717) is 6.07 Å². The number of nitrogens with one attached hydrogen (secondary N) is 2. The minimum Gasteiger partial charge on any atom is -0.465 e. The summed E-state index contributed by atoms with van der Waals surface area (Å²) in [4.78, 5) is 22.0. The zero-order valence-corrected chi connectivity index (χ0v) is 15.1. The van der Waals surface area contributed by atoms with Gasteiger partial charge in [-0.05, 0) is 31.0 Å². The first-order valence-electron chi connectivity index (χ1n) is 7.33. The van der Waals surface area contributed by atoms with Gasteiger partial charge in [0.05, 0.1) is 23.0 Å². The maximum atomic E-state index is 12.6. The number of carbonyl (C=O) groups excluding carboxylic acids is 1. The van der Waals surface area contributed by atoms with Crippen LogP contribution in [-0.2, 0) is 14.6 Å². The Labute approximate surface area is 158 Å². The Morgan fingerprint density at radius 1 is 1.19 bits per heavy atom. The Balaban J connectivity index is 0.00000364. The minimum atomic E-state index is -5.57. The fraction of sp³-hybridized carbons (Fsp3) is 0.429. The second-order valence-corrected chi connectivity index (χ2v) is 7.63. The third-order valence-electron chi connectivity index (χ3n) is 3.96. The molecule has 1 aliphatic carbocycles. The topological polar surface area (TPSA) is 133 Å². The van der Waals surface area contributed by atoms with Gasteiger partial charge in [-0.3, -0.25) is 4.79 Å². The number of carboxylic acid groups (broad SMARTS) is 1. The van der Waals surface area contributed by atoms with E-state index in [1.54, 1.807) is 0 Å². The number of anilines is 1. The van der Waals surface area contributed by atoms with Crippen LogP contribution < -0.4 is 10.6 Å². The Hall–Kier alpha value is -2.05. The van der Waals surface area contributed by atoms with Crippen molar-refractivity contribution in [2.75, 3.05) is 5.32 Å². The number of sulfone groups is 1. The van der Waals surface area contributed by atoms with Crippen molar-refractivity contribution < 1.29 is 41.4 Å². The van der Waals surface area contributed by atoms with Gasteiger partial charge in [-0.1, -0.05) is 6.07 Å². The van der Waals surface area contributed by atoms with Crippen LogP contribution in [0.5, 0.6) is 0 Å². The lowest BCUT2D eigenvalue weighted by molar-refractivity contribution is -0.120. The largest absolute Gasteiger partial charge is 0.501 e. The lowest BCUT2D eigenvalue weighted by atomic mass is 10.0. The Kier molecular flexibility index (Phi) is 7.08. The van der Waals surface area contributed by atoms with Crippen LogP contribution in [0.25, 0.3) is 0 Å². The van der Waals surface area contributed by atoms with Gasteiger partial charge < -0.3 is 20.8 Å². The molecule has 1 aromatic carbocycles. The summed E-state index contributed by atoms with van der Waals surface area (Å²) in [6.45, 7) is 0. The van der Waals surface area contributed by atoms with Crippen LogP contribution in [0.4, 0.5) is 23.7 Å². The predicted molar refractivity (Wildman–Crippen MR) is 89.2 cm³/mol. The molecule has 2 rings (SSSR count). The zero-order valence-electron chi connectivity index (χ0n) is 13.4. The number of rotatable bonds is 4. The minimum absolute atomic E-state index is 0. The molecule has 0 heterocycles. The lowest BCUT2D eigenvalue weighted by Crippen LogP contribution is -2.46. The van der Waals surface area contributed by atoms with Gasteiger partial charge in [-0.2, -0.15) is 13.2 Å². The number of alkyl halides is 3. The van der Waals surface area contributed by atoms with Crippen LogP contribution in [-0.4, -0.2) is 48.3 Å². The van der Waals surface area contributed by atoms with Crippen molar-refractivity contribution in [2.45, 2.75) is 35.4 Å². The average Bonchev–Trinajstić information content (AvgIpc) is 2.87. The van der Waals surface area contributed by atoms with Gasteiger partial charge in [0.2, 0.25) is 5.91 Å². The Bertz CT molecular complexity index is 817. The molecule has 1 aliphatic rings. The maximum Gasteiger partial charge on any atom is 0.501 e. The van der Waals surface area contributed by atoms with Crippen molar-refractivity contribution in [3.63, 3.8) is 0 Å². The quantitative estimate of drug-likeness (QED) is 0.573. The van der Waals surface area contributed by atoms with E-state index in [9.17, 15) is 36.3 Å². The van der Waals surface area contributed by atoms with Crippen LogP contribution in [0.3, 0.4) is 0 Å². The summed E-state index contributed by atoms with van der Waals surface area (Å²) in [5, 5.41) is 22.8. The number of halogens is 4. The smallest absolute Gasteiger partial charge is 0.465 e. The molecule has 1 saturated carbocycles. The molecule has 27 heavy (non-hydrogen) atoms. The van der Waals surface area contributed by atoms with E-state index in [1.807, 2.05) is 5.32 Å². The molecule has 0 aliphatic heterocycles. The summed E-state index contributed by atoms with van der Waals surface area (Å²) in [6.07, 6.45) is -2.21. The molecule has 0 spiro atoms. The molecule has 0 aromatic heterocycles. The molecule has 8 nitrogen and oxygen atoms in total. The first kappa shape index (κ1) is 23.0. The molecule has 2 amide bonds. The highest BCUT2D eigenvalue weighted by Crippen LogP contribution is 2.32. The van der Waals surface area contributed by atoms with Crippen molar-refractivity contribution >= 4 is 39.9 Å². The van der Waals surface area contributed by atoms with E-state index >= 15 is 0 Å². The standard InChI is InChI=1S/C14H15F3N2O6S.ClH/c15-14(16,17)26(24,25)8-3-1-2-7(6-8)18-12(21)9-4-5-10(20)11(9)19-13(22)23;/h1-3,6,9-11,19-20H,4-5H2,(H,18,21)(H,22,23);1H/t9-,10+,11-;/m1./s1. The molecule has 3 atom stereocenters. The van der Waals surface area contributed by atoms with E-state index in [2.05, 4.69) is 5.32 Å². The van der Waals surface area contributed by atoms with Gasteiger partial charge in [-0.25, -0.2) is 13.2 Å². The fourth-order valence-corrected chi connectivity index (χ4v) is 3.53. The highest BCUT2D eigenvalue weighted by molar-refractivity contribution is 7.92. The number of aliphatic hydroxyl groups excluding tert-OH is 1. The summed E-state index contributed by atoms with van der Waals surface area (Å²) >= 11 is 0. The monoisotopic (exact) mass is 432 g/mol. The molecule has 13 heteroatoms. The molecule has 4 N–H and O–H groups in total. The summed E-state index contributed by atoms with van der Waals surface area (Å²) in [5.41, 5.74) is -5.68. The SMILES string of the molecule is Cl.O=C(O)N[C@H]1[C@@H](O)CC[C@H]1C(=O)Nc1cccc(S(=O)(=O)C(F)(F)F)c1. The number of benzene rings is 1. The molecule has 0 saturated heterocycles. The first-order chi connectivity index (χ1) is 11.9. The molecule has 1 fully saturated rings. The average molecular weight is 433 g/mol. The van der Waals surface area contributed by atoms with Gasteiger partial charge in [0, 0.05) is 5.69 Å². The highest BCUT2D eigenvalue weighted by Gasteiger charge is 2.47.